The molecule has 4 heteroatoms. The van der Waals surface area contributed by atoms with E-state index in [0.717, 1.165) is 16.7 Å². The van der Waals surface area contributed by atoms with Crippen molar-refractivity contribution in [3.8, 4) is 11.5 Å². The molecule has 0 aromatic heterocycles. The van der Waals surface area contributed by atoms with E-state index in [1.165, 1.54) is 0 Å². The van der Waals surface area contributed by atoms with Crippen molar-refractivity contribution in [1.82, 2.24) is 0 Å². The number of hydrogen-bond donors (Lipinski definition) is 1. The average Bonchev–Trinajstić information content (AvgIpc) is 2.54. The van der Waals surface area contributed by atoms with Crippen LogP contribution in [0.4, 0.5) is 0 Å². The third-order valence-electron chi connectivity index (χ3n) is 3.30. The van der Waals surface area contributed by atoms with Gasteiger partial charge in [-0.2, -0.15) is 0 Å². The minimum atomic E-state index is -0.731. The van der Waals surface area contributed by atoms with E-state index in [2.05, 4.69) is 0 Å². The SMILES string of the molecule is COCc1ccc(C(O)c2cc(OC)cc(OC)c2)cc1. The van der Waals surface area contributed by atoms with Gasteiger partial charge in [0.25, 0.3) is 0 Å². The van der Waals surface area contributed by atoms with Crippen LogP contribution in [0, 0.1) is 0 Å². The van der Waals surface area contributed by atoms with Gasteiger partial charge >= 0.3 is 0 Å². The van der Waals surface area contributed by atoms with Crippen LogP contribution in [0.15, 0.2) is 42.5 Å². The predicted molar refractivity (Wildman–Crippen MR) is 80.8 cm³/mol. The molecule has 21 heavy (non-hydrogen) atoms. The summed E-state index contributed by atoms with van der Waals surface area (Å²) in [5.41, 5.74) is 2.60. The Morgan fingerprint density at radius 1 is 0.857 bits per heavy atom. The molecule has 0 saturated carbocycles. The zero-order chi connectivity index (χ0) is 15.2. The summed E-state index contributed by atoms with van der Waals surface area (Å²) in [5, 5.41) is 10.5. The second-order valence-electron chi connectivity index (χ2n) is 4.72. The molecule has 0 amide bonds. The normalized spacial score (nSPS) is 12.0. The van der Waals surface area contributed by atoms with Gasteiger partial charge in [0.05, 0.1) is 20.8 Å². The maximum absolute atomic E-state index is 10.5. The van der Waals surface area contributed by atoms with E-state index in [1.807, 2.05) is 24.3 Å². The van der Waals surface area contributed by atoms with Crippen LogP contribution < -0.4 is 9.47 Å². The van der Waals surface area contributed by atoms with Crippen molar-refractivity contribution in [2.75, 3.05) is 21.3 Å². The van der Waals surface area contributed by atoms with Gasteiger partial charge in [-0.15, -0.1) is 0 Å². The molecule has 112 valence electrons. The molecular weight excluding hydrogens is 268 g/mol. The number of ether oxygens (including phenoxy) is 3. The molecule has 0 bridgehead atoms. The lowest BCUT2D eigenvalue weighted by molar-refractivity contribution is 0.184. The van der Waals surface area contributed by atoms with Crippen molar-refractivity contribution in [3.05, 3.63) is 59.2 Å². The molecule has 2 rings (SSSR count). The smallest absolute Gasteiger partial charge is 0.122 e. The molecule has 0 radical (unpaired) electrons. The van der Waals surface area contributed by atoms with Gasteiger partial charge in [-0.1, -0.05) is 24.3 Å². The Morgan fingerprint density at radius 3 is 1.90 bits per heavy atom. The molecule has 0 spiro atoms. The van der Waals surface area contributed by atoms with E-state index in [4.69, 9.17) is 14.2 Å². The summed E-state index contributed by atoms with van der Waals surface area (Å²) in [4.78, 5) is 0. The first-order valence-electron chi connectivity index (χ1n) is 6.66. The Balaban J connectivity index is 2.28. The van der Waals surface area contributed by atoms with Gasteiger partial charge in [0.1, 0.15) is 17.6 Å². The van der Waals surface area contributed by atoms with Crippen LogP contribution in [-0.4, -0.2) is 26.4 Å². The maximum Gasteiger partial charge on any atom is 0.122 e. The number of aliphatic hydroxyl groups excluding tert-OH is 1. The molecule has 1 atom stereocenters. The van der Waals surface area contributed by atoms with Crippen molar-refractivity contribution < 1.29 is 19.3 Å². The van der Waals surface area contributed by atoms with E-state index in [9.17, 15) is 5.11 Å². The fourth-order valence-electron chi connectivity index (χ4n) is 2.14. The molecule has 0 aliphatic rings. The van der Waals surface area contributed by atoms with Gasteiger partial charge in [0, 0.05) is 13.2 Å². The fourth-order valence-corrected chi connectivity index (χ4v) is 2.14. The van der Waals surface area contributed by atoms with E-state index >= 15 is 0 Å². The van der Waals surface area contributed by atoms with E-state index in [0.29, 0.717) is 18.1 Å². The first-order valence-corrected chi connectivity index (χ1v) is 6.66. The summed E-state index contributed by atoms with van der Waals surface area (Å²) in [7, 11) is 4.83. The highest BCUT2D eigenvalue weighted by molar-refractivity contribution is 5.42. The van der Waals surface area contributed by atoms with Crippen LogP contribution in [0.3, 0.4) is 0 Å². The Bertz CT molecular complexity index is 556. The van der Waals surface area contributed by atoms with Crippen LogP contribution in [-0.2, 0) is 11.3 Å². The minimum absolute atomic E-state index is 0.559. The number of rotatable bonds is 6. The maximum atomic E-state index is 10.5. The molecule has 0 saturated heterocycles. The standard InChI is InChI=1S/C17H20O4/c1-19-11-12-4-6-13(7-5-12)17(18)14-8-15(20-2)10-16(9-14)21-3/h4-10,17-18H,11H2,1-3H3. The highest BCUT2D eigenvalue weighted by Gasteiger charge is 2.13. The lowest BCUT2D eigenvalue weighted by atomic mass is 10.00. The van der Waals surface area contributed by atoms with Gasteiger partial charge < -0.3 is 19.3 Å². The molecule has 4 nitrogen and oxygen atoms in total. The highest BCUT2D eigenvalue weighted by Crippen LogP contribution is 2.30. The second-order valence-corrected chi connectivity index (χ2v) is 4.72. The second kappa shape index (κ2) is 7.11. The zero-order valence-corrected chi connectivity index (χ0v) is 12.5. The van der Waals surface area contributed by atoms with Crippen LogP contribution in [0.25, 0.3) is 0 Å². The number of methoxy groups -OCH3 is 3. The van der Waals surface area contributed by atoms with Crippen molar-refractivity contribution in [3.63, 3.8) is 0 Å². The molecule has 2 aromatic rings. The summed E-state index contributed by atoms with van der Waals surface area (Å²) < 4.78 is 15.5. The Labute approximate surface area is 124 Å². The van der Waals surface area contributed by atoms with Crippen molar-refractivity contribution in [1.29, 1.82) is 0 Å². The fraction of sp³-hybridized carbons (Fsp3) is 0.294. The highest BCUT2D eigenvalue weighted by atomic mass is 16.5. The van der Waals surface area contributed by atoms with Crippen LogP contribution in [0.2, 0.25) is 0 Å². The lowest BCUT2D eigenvalue weighted by Gasteiger charge is -2.15. The first kappa shape index (κ1) is 15.4. The Kier molecular flexibility index (Phi) is 5.20. The van der Waals surface area contributed by atoms with Crippen molar-refractivity contribution in [2.24, 2.45) is 0 Å². The zero-order valence-electron chi connectivity index (χ0n) is 12.5. The molecule has 0 aliphatic carbocycles. The Morgan fingerprint density at radius 2 is 1.43 bits per heavy atom. The van der Waals surface area contributed by atoms with Gasteiger partial charge in [0.2, 0.25) is 0 Å². The average molecular weight is 288 g/mol. The third-order valence-corrected chi connectivity index (χ3v) is 3.30. The molecule has 0 aliphatic heterocycles. The lowest BCUT2D eigenvalue weighted by Crippen LogP contribution is -2.01. The molecule has 0 heterocycles. The van der Waals surface area contributed by atoms with Gasteiger partial charge in [-0.25, -0.2) is 0 Å². The number of hydrogen-bond acceptors (Lipinski definition) is 4. The summed E-state index contributed by atoms with van der Waals surface area (Å²) in [6.45, 7) is 0.559. The van der Waals surface area contributed by atoms with Crippen LogP contribution in [0.5, 0.6) is 11.5 Å². The Hall–Kier alpha value is -2.04. The van der Waals surface area contributed by atoms with Crippen LogP contribution >= 0.6 is 0 Å². The van der Waals surface area contributed by atoms with Gasteiger partial charge in [-0.3, -0.25) is 0 Å². The predicted octanol–water partition coefficient (Wildman–Crippen LogP) is 2.93. The summed E-state index contributed by atoms with van der Waals surface area (Å²) in [5.74, 6) is 1.30. The summed E-state index contributed by atoms with van der Waals surface area (Å²) >= 11 is 0. The van der Waals surface area contributed by atoms with Crippen molar-refractivity contribution in [2.45, 2.75) is 12.7 Å². The molecule has 0 fully saturated rings. The topological polar surface area (TPSA) is 47.9 Å². The van der Waals surface area contributed by atoms with Gasteiger partial charge in [0.15, 0.2) is 0 Å². The largest absolute Gasteiger partial charge is 0.497 e. The monoisotopic (exact) mass is 288 g/mol. The summed E-state index contributed by atoms with van der Waals surface area (Å²) in [6, 6.07) is 13.1. The number of benzene rings is 2. The van der Waals surface area contributed by atoms with E-state index < -0.39 is 6.10 Å². The van der Waals surface area contributed by atoms with Crippen molar-refractivity contribution >= 4 is 0 Å². The first-order chi connectivity index (χ1) is 10.2. The van der Waals surface area contributed by atoms with E-state index in [-0.39, 0.29) is 0 Å². The molecule has 1 unspecified atom stereocenters. The van der Waals surface area contributed by atoms with Crippen LogP contribution in [0.1, 0.15) is 22.8 Å². The molecule has 1 N–H and O–H groups in total. The third kappa shape index (κ3) is 3.74. The summed E-state index contributed by atoms with van der Waals surface area (Å²) in [6.07, 6.45) is -0.731. The minimum Gasteiger partial charge on any atom is -0.497 e. The quantitative estimate of drug-likeness (QED) is 0.888. The number of aliphatic hydroxyl groups is 1. The van der Waals surface area contributed by atoms with Gasteiger partial charge in [-0.05, 0) is 28.8 Å². The molecular formula is C17H20O4. The van der Waals surface area contributed by atoms with E-state index in [1.54, 1.807) is 39.5 Å². The molecule has 2 aromatic carbocycles.